The van der Waals surface area contributed by atoms with Crippen molar-refractivity contribution >= 4 is 55.5 Å². The third kappa shape index (κ3) is 2.42. The molecule has 4 rings (SSSR count). The first-order valence-corrected chi connectivity index (χ1v) is 8.88. The van der Waals surface area contributed by atoms with Gasteiger partial charge in [-0.3, -0.25) is 0 Å². The number of halogens is 2. The Kier molecular flexibility index (Phi) is 3.62. The van der Waals surface area contributed by atoms with Crippen LogP contribution in [0.15, 0.2) is 48.5 Å². The number of hydrogen-bond donors (Lipinski definition) is 0. The molecule has 2 aromatic heterocycles. The van der Waals surface area contributed by atoms with E-state index in [0.29, 0.717) is 10.0 Å². The highest BCUT2D eigenvalue weighted by molar-refractivity contribution is 7.29. The van der Waals surface area contributed by atoms with Gasteiger partial charge in [0.25, 0.3) is 0 Å². The van der Waals surface area contributed by atoms with Gasteiger partial charge < -0.3 is 0 Å². The van der Waals surface area contributed by atoms with Gasteiger partial charge in [-0.1, -0.05) is 82.3 Å². The molecule has 0 saturated heterocycles. The Balaban J connectivity index is 1.81. The van der Waals surface area contributed by atoms with Crippen LogP contribution in [0.5, 0.6) is 0 Å². The molecule has 0 bridgehead atoms. The minimum atomic E-state index is 0.704. The fourth-order valence-corrected chi connectivity index (χ4v) is 4.83. The summed E-state index contributed by atoms with van der Waals surface area (Å²) in [6.07, 6.45) is 0. The zero-order valence-corrected chi connectivity index (χ0v) is 14.2. The summed E-state index contributed by atoms with van der Waals surface area (Å²) >= 11 is 15.6. The van der Waals surface area contributed by atoms with Gasteiger partial charge in [-0.15, -0.1) is 0 Å². The minimum Gasteiger partial charge on any atom is -0.223 e. The molecule has 0 amide bonds. The summed E-state index contributed by atoms with van der Waals surface area (Å²) in [6.45, 7) is 0. The summed E-state index contributed by atoms with van der Waals surface area (Å²) in [5, 5.41) is 3.19. The molecule has 0 aliphatic rings. The summed E-state index contributed by atoms with van der Waals surface area (Å²) < 4.78 is 0. The number of aromatic nitrogens is 2. The molecule has 0 unspecified atom stereocenters. The second-order valence-electron chi connectivity index (χ2n) is 4.61. The Labute approximate surface area is 145 Å². The number of rotatable bonds is 2. The van der Waals surface area contributed by atoms with E-state index in [1.165, 1.54) is 0 Å². The highest BCUT2D eigenvalue weighted by Gasteiger charge is 2.15. The minimum absolute atomic E-state index is 0.704. The Morgan fingerprint density at radius 2 is 1.05 bits per heavy atom. The summed E-state index contributed by atoms with van der Waals surface area (Å²) in [7, 11) is 0. The van der Waals surface area contributed by atoms with Crippen molar-refractivity contribution in [3.05, 3.63) is 58.6 Å². The van der Waals surface area contributed by atoms with Crippen LogP contribution in [0.2, 0.25) is 10.0 Å². The van der Waals surface area contributed by atoms with Crippen LogP contribution in [0.25, 0.3) is 30.8 Å². The smallest absolute Gasteiger partial charge is 0.155 e. The average Bonchev–Trinajstić information content (AvgIpc) is 3.06. The van der Waals surface area contributed by atoms with E-state index in [-0.39, 0.29) is 0 Å². The highest BCUT2D eigenvalue weighted by atomic mass is 35.5. The van der Waals surface area contributed by atoms with Crippen molar-refractivity contribution < 1.29 is 0 Å². The molecule has 0 aliphatic heterocycles. The quantitative estimate of drug-likeness (QED) is 0.412. The molecule has 0 spiro atoms. The highest BCUT2D eigenvalue weighted by Crippen LogP contribution is 2.39. The third-order valence-electron chi connectivity index (χ3n) is 3.18. The standard InChI is InChI=1S/C16H8Cl2N2S2/c17-11-7-3-1-5-9(11)13-19-15-16(21-13)20-14(22-15)10-6-2-4-8-12(10)18/h1-8H. The number of thiazole rings is 2. The van der Waals surface area contributed by atoms with Crippen molar-refractivity contribution in [2.45, 2.75) is 0 Å². The zero-order valence-electron chi connectivity index (χ0n) is 11.1. The van der Waals surface area contributed by atoms with Gasteiger partial charge in [0.2, 0.25) is 0 Å². The lowest BCUT2D eigenvalue weighted by Gasteiger charge is -1.99. The molecule has 0 atom stereocenters. The first-order valence-electron chi connectivity index (χ1n) is 6.49. The molecule has 22 heavy (non-hydrogen) atoms. The molecule has 2 heterocycles. The molecule has 2 nitrogen and oxygen atoms in total. The topological polar surface area (TPSA) is 25.8 Å². The maximum atomic E-state index is 6.23. The van der Waals surface area contributed by atoms with Crippen LogP contribution in [0, 0.1) is 0 Å². The Morgan fingerprint density at radius 3 is 1.45 bits per heavy atom. The molecular formula is C16H8Cl2N2S2. The lowest BCUT2D eigenvalue weighted by molar-refractivity contribution is 1.48. The second kappa shape index (κ2) is 5.63. The van der Waals surface area contributed by atoms with Gasteiger partial charge in [-0.25, -0.2) is 9.97 Å². The van der Waals surface area contributed by atoms with E-state index in [2.05, 4.69) is 9.97 Å². The van der Waals surface area contributed by atoms with Crippen LogP contribution in [-0.4, -0.2) is 9.97 Å². The van der Waals surface area contributed by atoms with Gasteiger partial charge in [0.15, 0.2) is 9.66 Å². The maximum absolute atomic E-state index is 6.23. The maximum Gasteiger partial charge on any atom is 0.155 e. The molecule has 0 fully saturated rings. The van der Waals surface area contributed by atoms with Gasteiger partial charge >= 0.3 is 0 Å². The first kappa shape index (κ1) is 14.2. The fraction of sp³-hybridized carbons (Fsp3) is 0. The van der Waals surface area contributed by atoms with Crippen LogP contribution in [0.3, 0.4) is 0 Å². The van der Waals surface area contributed by atoms with Gasteiger partial charge in [0, 0.05) is 11.1 Å². The average molecular weight is 363 g/mol. The Hall–Kier alpha value is -1.46. The molecule has 108 valence electrons. The summed E-state index contributed by atoms with van der Waals surface area (Å²) in [5.74, 6) is 0. The van der Waals surface area contributed by atoms with Crippen molar-refractivity contribution in [1.29, 1.82) is 0 Å². The van der Waals surface area contributed by atoms with E-state index >= 15 is 0 Å². The number of nitrogens with zero attached hydrogens (tertiary/aromatic N) is 2. The largest absolute Gasteiger partial charge is 0.223 e. The predicted molar refractivity (Wildman–Crippen MR) is 96.2 cm³/mol. The van der Waals surface area contributed by atoms with Crippen LogP contribution >= 0.6 is 45.9 Å². The lowest BCUT2D eigenvalue weighted by Crippen LogP contribution is -1.77. The van der Waals surface area contributed by atoms with E-state index in [0.717, 1.165) is 30.8 Å². The predicted octanol–water partition coefficient (Wildman–Crippen LogP) is 6.39. The number of benzene rings is 2. The molecule has 6 heteroatoms. The van der Waals surface area contributed by atoms with Gasteiger partial charge in [-0.2, -0.15) is 0 Å². The van der Waals surface area contributed by atoms with Crippen LogP contribution in [0.1, 0.15) is 0 Å². The molecular weight excluding hydrogens is 355 g/mol. The zero-order chi connectivity index (χ0) is 15.1. The molecule has 0 radical (unpaired) electrons. The Morgan fingerprint density at radius 1 is 0.636 bits per heavy atom. The summed E-state index contributed by atoms with van der Waals surface area (Å²) in [5.41, 5.74) is 1.89. The number of hydrogen-bond acceptors (Lipinski definition) is 4. The Bertz CT molecular complexity index is 869. The van der Waals surface area contributed by atoms with E-state index < -0.39 is 0 Å². The molecule has 2 aromatic carbocycles. The fourth-order valence-electron chi connectivity index (χ4n) is 2.14. The van der Waals surface area contributed by atoms with Crippen molar-refractivity contribution in [3.8, 4) is 21.1 Å². The van der Waals surface area contributed by atoms with Crippen molar-refractivity contribution in [2.24, 2.45) is 0 Å². The van der Waals surface area contributed by atoms with Crippen LogP contribution in [0.4, 0.5) is 0 Å². The lowest BCUT2D eigenvalue weighted by atomic mass is 10.2. The first-order chi connectivity index (χ1) is 10.7. The van der Waals surface area contributed by atoms with E-state index in [4.69, 9.17) is 23.2 Å². The summed E-state index contributed by atoms with van der Waals surface area (Å²) in [6, 6.07) is 15.4. The van der Waals surface area contributed by atoms with Crippen molar-refractivity contribution in [3.63, 3.8) is 0 Å². The van der Waals surface area contributed by atoms with E-state index in [9.17, 15) is 0 Å². The van der Waals surface area contributed by atoms with E-state index in [1.54, 1.807) is 22.7 Å². The van der Waals surface area contributed by atoms with Gasteiger partial charge in [0.05, 0.1) is 10.0 Å². The van der Waals surface area contributed by atoms with Gasteiger partial charge in [0.1, 0.15) is 10.0 Å². The third-order valence-corrected chi connectivity index (χ3v) is 5.94. The van der Waals surface area contributed by atoms with Gasteiger partial charge in [-0.05, 0) is 12.1 Å². The van der Waals surface area contributed by atoms with Crippen LogP contribution < -0.4 is 0 Å². The number of fused-ring (bicyclic) bond motifs is 1. The van der Waals surface area contributed by atoms with Crippen LogP contribution in [-0.2, 0) is 0 Å². The van der Waals surface area contributed by atoms with E-state index in [1.807, 2.05) is 48.5 Å². The SMILES string of the molecule is Clc1ccccc1-c1nc2sc(-c3ccccc3Cl)nc2s1. The molecule has 4 aromatic rings. The van der Waals surface area contributed by atoms with Crippen molar-refractivity contribution in [1.82, 2.24) is 9.97 Å². The second-order valence-corrected chi connectivity index (χ2v) is 7.38. The molecule has 0 N–H and O–H groups in total. The normalized spacial score (nSPS) is 11.2. The monoisotopic (exact) mass is 362 g/mol. The molecule has 0 saturated carbocycles. The summed E-state index contributed by atoms with van der Waals surface area (Å²) in [4.78, 5) is 11.2. The molecule has 0 aliphatic carbocycles. The van der Waals surface area contributed by atoms with Crippen molar-refractivity contribution in [2.75, 3.05) is 0 Å².